The maximum Gasteiger partial charge on any atom is 0.317 e. The molecule has 0 aliphatic heterocycles. The Kier molecular flexibility index (Phi) is 6.85. The van der Waals surface area contributed by atoms with Gasteiger partial charge in [0.15, 0.2) is 5.82 Å². The molecule has 1 saturated carbocycles. The number of nitrogens with one attached hydrogen (secondary N) is 1. The molecule has 9 nitrogen and oxygen atoms in total. The molecule has 174 valence electrons. The Balaban J connectivity index is 1.51. The molecule has 0 unspecified atom stereocenters. The summed E-state index contributed by atoms with van der Waals surface area (Å²) < 4.78 is 13.5. The standard InChI is InChI=1S/C22H25ClFN7O2/c1-30(11-19(32)33)14-4-6-15(7-5-14)31(2)22-25-10-18-20(29-22)21(27-12-26-18)28-13-3-8-17(24)16(23)9-13/h3,8-10,12,14-15H,4-7,11H2,1-2H3,(H,32,33)(H,26,27,28). The highest BCUT2D eigenvalue weighted by molar-refractivity contribution is 6.31. The molecule has 33 heavy (non-hydrogen) atoms. The summed E-state index contributed by atoms with van der Waals surface area (Å²) in [5.74, 6) is -0.278. The van der Waals surface area contributed by atoms with Gasteiger partial charge in [-0.2, -0.15) is 0 Å². The third-order valence-electron chi connectivity index (χ3n) is 6.08. The van der Waals surface area contributed by atoms with E-state index in [1.807, 2.05) is 19.0 Å². The highest BCUT2D eigenvalue weighted by Gasteiger charge is 2.28. The van der Waals surface area contributed by atoms with Gasteiger partial charge in [-0.1, -0.05) is 11.6 Å². The Morgan fingerprint density at radius 3 is 2.61 bits per heavy atom. The van der Waals surface area contributed by atoms with Crippen LogP contribution in [0.4, 0.5) is 21.8 Å². The minimum Gasteiger partial charge on any atom is -0.480 e. The average molecular weight is 474 g/mol. The van der Waals surface area contributed by atoms with Crippen molar-refractivity contribution in [1.29, 1.82) is 0 Å². The van der Waals surface area contributed by atoms with Gasteiger partial charge in [-0.3, -0.25) is 9.69 Å². The van der Waals surface area contributed by atoms with Crippen LogP contribution in [0.1, 0.15) is 25.7 Å². The summed E-state index contributed by atoms with van der Waals surface area (Å²) in [4.78, 5) is 32.7. The average Bonchev–Trinajstić information content (AvgIpc) is 2.80. The Morgan fingerprint density at radius 2 is 1.91 bits per heavy atom. The Labute approximate surface area is 195 Å². The van der Waals surface area contributed by atoms with Crippen LogP contribution in [-0.2, 0) is 4.79 Å². The number of halogens is 2. The Hall–Kier alpha value is -3.11. The first-order valence-corrected chi connectivity index (χ1v) is 11.0. The molecule has 0 saturated heterocycles. The molecule has 1 fully saturated rings. The SMILES string of the molecule is CN(CC(=O)O)C1CCC(N(C)c2ncc3ncnc(Nc4ccc(F)c(Cl)c4)c3n2)CC1. The molecule has 11 heteroatoms. The van der Waals surface area contributed by atoms with Gasteiger partial charge >= 0.3 is 5.97 Å². The van der Waals surface area contributed by atoms with E-state index in [1.54, 1.807) is 12.3 Å². The Morgan fingerprint density at radius 1 is 1.18 bits per heavy atom. The number of carboxylic acids is 1. The number of anilines is 3. The molecule has 2 aromatic heterocycles. The molecule has 1 aliphatic rings. The normalized spacial score (nSPS) is 18.5. The van der Waals surface area contributed by atoms with Crippen molar-refractivity contribution in [2.24, 2.45) is 0 Å². The minimum atomic E-state index is -0.809. The fraction of sp³-hybridized carbons (Fsp3) is 0.409. The van der Waals surface area contributed by atoms with Gasteiger partial charge in [0.2, 0.25) is 5.95 Å². The monoisotopic (exact) mass is 473 g/mol. The predicted molar refractivity (Wildman–Crippen MR) is 125 cm³/mol. The number of aromatic nitrogens is 4. The number of nitrogens with zero attached hydrogens (tertiary/aromatic N) is 6. The third kappa shape index (κ3) is 5.28. The summed E-state index contributed by atoms with van der Waals surface area (Å²) in [6.07, 6.45) is 6.72. The number of hydrogen-bond donors (Lipinski definition) is 2. The topological polar surface area (TPSA) is 107 Å². The molecule has 0 atom stereocenters. The van der Waals surface area contributed by atoms with Crippen LogP contribution in [-0.4, -0.2) is 68.6 Å². The van der Waals surface area contributed by atoms with Crippen molar-refractivity contribution in [2.75, 3.05) is 30.9 Å². The lowest BCUT2D eigenvalue weighted by Crippen LogP contribution is -2.43. The van der Waals surface area contributed by atoms with Crippen molar-refractivity contribution in [3.05, 3.63) is 41.6 Å². The molecule has 1 aliphatic carbocycles. The fourth-order valence-electron chi connectivity index (χ4n) is 4.21. The summed E-state index contributed by atoms with van der Waals surface area (Å²) in [6, 6.07) is 4.85. The number of benzene rings is 1. The van der Waals surface area contributed by atoms with Gasteiger partial charge in [0.1, 0.15) is 23.2 Å². The van der Waals surface area contributed by atoms with E-state index in [9.17, 15) is 9.18 Å². The highest BCUT2D eigenvalue weighted by Crippen LogP contribution is 2.29. The molecular weight excluding hydrogens is 449 g/mol. The molecule has 0 amide bonds. The number of hydrogen-bond acceptors (Lipinski definition) is 8. The van der Waals surface area contributed by atoms with Crippen molar-refractivity contribution in [1.82, 2.24) is 24.8 Å². The van der Waals surface area contributed by atoms with E-state index in [-0.39, 0.29) is 23.7 Å². The summed E-state index contributed by atoms with van der Waals surface area (Å²) in [7, 11) is 3.82. The van der Waals surface area contributed by atoms with E-state index in [0.29, 0.717) is 28.5 Å². The van der Waals surface area contributed by atoms with Crippen molar-refractivity contribution >= 4 is 46.1 Å². The number of carboxylic acid groups (broad SMARTS) is 1. The summed E-state index contributed by atoms with van der Waals surface area (Å²) in [5.41, 5.74) is 1.71. The molecule has 2 heterocycles. The van der Waals surface area contributed by atoms with Gasteiger partial charge in [-0.05, 0) is 50.9 Å². The number of likely N-dealkylation sites (N-methyl/N-ethyl adjacent to an activating group) is 1. The molecule has 1 aromatic carbocycles. The third-order valence-corrected chi connectivity index (χ3v) is 6.37. The lowest BCUT2D eigenvalue weighted by molar-refractivity contribution is -0.138. The minimum absolute atomic E-state index is 0.0120. The first-order chi connectivity index (χ1) is 15.8. The van der Waals surface area contributed by atoms with Crippen molar-refractivity contribution in [2.45, 2.75) is 37.8 Å². The zero-order valence-corrected chi connectivity index (χ0v) is 19.1. The van der Waals surface area contributed by atoms with Crippen LogP contribution >= 0.6 is 11.6 Å². The molecular formula is C22H25ClFN7O2. The van der Waals surface area contributed by atoms with Crippen molar-refractivity contribution in [3.63, 3.8) is 0 Å². The second kappa shape index (κ2) is 9.80. The van der Waals surface area contributed by atoms with Gasteiger partial charge in [0, 0.05) is 24.8 Å². The first kappa shape index (κ1) is 23.1. The summed E-state index contributed by atoms with van der Waals surface area (Å²) in [6.45, 7) is 0.0496. The van der Waals surface area contributed by atoms with Gasteiger partial charge in [0.05, 0.1) is 17.8 Å². The first-order valence-electron chi connectivity index (χ1n) is 10.7. The van der Waals surface area contributed by atoms with Crippen LogP contribution in [0.2, 0.25) is 5.02 Å². The number of aliphatic carboxylic acids is 1. The number of carbonyl (C=O) groups is 1. The van der Waals surface area contributed by atoms with Crippen LogP contribution in [0.5, 0.6) is 0 Å². The smallest absolute Gasteiger partial charge is 0.317 e. The second-order valence-electron chi connectivity index (χ2n) is 8.26. The van der Waals surface area contributed by atoms with Gasteiger partial charge in [-0.25, -0.2) is 24.3 Å². The molecule has 0 spiro atoms. The number of rotatable bonds is 7. The van der Waals surface area contributed by atoms with Crippen LogP contribution in [0, 0.1) is 5.82 Å². The van der Waals surface area contributed by atoms with Gasteiger partial charge < -0.3 is 15.3 Å². The maximum absolute atomic E-state index is 13.5. The quantitative estimate of drug-likeness (QED) is 0.530. The van der Waals surface area contributed by atoms with E-state index < -0.39 is 11.8 Å². The summed E-state index contributed by atoms with van der Waals surface area (Å²) >= 11 is 5.89. The van der Waals surface area contributed by atoms with Crippen molar-refractivity contribution in [3.8, 4) is 0 Å². The Bertz CT molecular complexity index is 1160. The molecule has 2 N–H and O–H groups in total. The van der Waals surface area contributed by atoms with E-state index >= 15 is 0 Å². The molecule has 4 rings (SSSR count). The highest BCUT2D eigenvalue weighted by atomic mass is 35.5. The fourth-order valence-corrected chi connectivity index (χ4v) is 4.39. The lowest BCUT2D eigenvalue weighted by Gasteiger charge is -2.37. The molecule has 3 aromatic rings. The lowest BCUT2D eigenvalue weighted by atomic mass is 9.89. The zero-order valence-electron chi connectivity index (χ0n) is 18.4. The zero-order chi connectivity index (χ0) is 23.5. The van der Waals surface area contributed by atoms with E-state index in [1.165, 1.54) is 18.5 Å². The van der Waals surface area contributed by atoms with Gasteiger partial charge in [-0.15, -0.1) is 0 Å². The predicted octanol–water partition coefficient (Wildman–Crippen LogP) is 3.72. The van der Waals surface area contributed by atoms with Gasteiger partial charge in [0.25, 0.3) is 0 Å². The maximum atomic E-state index is 13.5. The van der Waals surface area contributed by atoms with Crippen LogP contribution in [0.3, 0.4) is 0 Å². The van der Waals surface area contributed by atoms with Crippen LogP contribution in [0.25, 0.3) is 11.0 Å². The van der Waals surface area contributed by atoms with Crippen molar-refractivity contribution < 1.29 is 14.3 Å². The van der Waals surface area contributed by atoms with E-state index in [0.717, 1.165) is 25.7 Å². The second-order valence-corrected chi connectivity index (χ2v) is 8.67. The largest absolute Gasteiger partial charge is 0.480 e. The van der Waals surface area contributed by atoms with Crippen LogP contribution in [0.15, 0.2) is 30.7 Å². The summed E-state index contributed by atoms with van der Waals surface area (Å²) in [5, 5.41) is 12.2. The molecule has 0 bridgehead atoms. The molecule has 0 radical (unpaired) electrons. The number of fused-ring (bicyclic) bond motifs is 1. The van der Waals surface area contributed by atoms with E-state index in [4.69, 9.17) is 21.7 Å². The van der Waals surface area contributed by atoms with E-state index in [2.05, 4.69) is 25.2 Å². The van der Waals surface area contributed by atoms with Crippen LogP contribution < -0.4 is 10.2 Å².